The predicted octanol–water partition coefficient (Wildman–Crippen LogP) is 4.08. The van der Waals surface area contributed by atoms with Crippen molar-refractivity contribution in [2.75, 3.05) is 0 Å². The van der Waals surface area contributed by atoms with Crippen LogP contribution in [0.5, 0.6) is 0 Å². The van der Waals surface area contributed by atoms with E-state index in [1.54, 1.807) is 0 Å². The van der Waals surface area contributed by atoms with E-state index in [2.05, 4.69) is 13.8 Å². The van der Waals surface area contributed by atoms with Gasteiger partial charge in [0.25, 0.3) is 0 Å². The van der Waals surface area contributed by atoms with Gasteiger partial charge in [-0.3, -0.25) is 0 Å². The zero-order chi connectivity index (χ0) is 11.1. The molecule has 13 heavy (non-hydrogen) atoms. The maximum absolute atomic E-state index is 11.0. The second-order valence-electron chi connectivity index (χ2n) is 2.12. The molecule has 0 nitrogen and oxygen atoms in total. The van der Waals surface area contributed by atoms with Crippen molar-refractivity contribution < 1.29 is 26.3 Å². The molecule has 0 N–H and O–H groups in total. The maximum atomic E-state index is 11.0. The summed E-state index contributed by atoms with van der Waals surface area (Å²) in [6, 6.07) is 0. The van der Waals surface area contributed by atoms with E-state index in [-0.39, 0.29) is 0 Å². The SMILES string of the molecule is CCC.FC(F)(F)/C=C/C(F)(F)F. The molecule has 0 aromatic heterocycles. The first-order valence-corrected chi connectivity index (χ1v) is 3.46. The van der Waals surface area contributed by atoms with Crippen LogP contribution in [0.15, 0.2) is 12.2 Å². The van der Waals surface area contributed by atoms with Crippen LogP contribution in [0.4, 0.5) is 26.3 Å². The molecule has 0 unspecified atom stereocenters. The van der Waals surface area contributed by atoms with Crippen LogP contribution in [0.25, 0.3) is 0 Å². The van der Waals surface area contributed by atoms with Crippen molar-refractivity contribution in [1.29, 1.82) is 0 Å². The van der Waals surface area contributed by atoms with Gasteiger partial charge in [0.1, 0.15) is 0 Å². The van der Waals surface area contributed by atoms with Gasteiger partial charge in [-0.1, -0.05) is 20.3 Å². The topological polar surface area (TPSA) is 0 Å². The molecule has 0 atom stereocenters. The van der Waals surface area contributed by atoms with Gasteiger partial charge in [-0.2, -0.15) is 26.3 Å². The van der Waals surface area contributed by atoms with Crippen LogP contribution in [-0.4, -0.2) is 12.4 Å². The first kappa shape index (κ1) is 14.8. The lowest BCUT2D eigenvalue weighted by atomic mass is 10.5. The molecule has 0 aliphatic heterocycles. The number of allylic oxidation sites excluding steroid dienone is 2. The van der Waals surface area contributed by atoms with Crippen LogP contribution < -0.4 is 0 Å². The summed E-state index contributed by atoms with van der Waals surface area (Å²) in [6.07, 6.45) is -10.2. The Morgan fingerprint density at radius 2 is 0.923 bits per heavy atom. The highest BCUT2D eigenvalue weighted by Gasteiger charge is 2.29. The zero-order valence-electron chi connectivity index (χ0n) is 7.13. The van der Waals surface area contributed by atoms with Crippen LogP contribution in [0, 0.1) is 0 Å². The van der Waals surface area contributed by atoms with E-state index in [9.17, 15) is 26.3 Å². The molecule has 0 heterocycles. The van der Waals surface area contributed by atoms with E-state index in [1.807, 2.05) is 0 Å². The second kappa shape index (κ2) is 5.88. The highest BCUT2D eigenvalue weighted by Crippen LogP contribution is 2.22. The Morgan fingerprint density at radius 1 is 0.769 bits per heavy atom. The summed E-state index contributed by atoms with van der Waals surface area (Å²) in [4.78, 5) is 0. The van der Waals surface area contributed by atoms with E-state index in [4.69, 9.17) is 0 Å². The summed E-state index contributed by atoms with van der Waals surface area (Å²) in [5.41, 5.74) is 0. The molecule has 0 fully saturated rings. The van der Waals surface area contributed by atoms with E-state index in [1.165, 1.54) is 6.42 Å². The van der Waals surface area contributed by atoms with Crippen molar-refractivity contribution >= 4 is 0 Å². The Balaban J connectivity index is 0. The fourth-order valence-corrected chi connectivity index (χ4v) is 0.189. The molecule has 0 spiro atoms. The summed E-state index contributed by atoms with van der Waals surface area (Å²) in [6.45, 7) is 4.25. The molecule has 0 saturated carbocycles. The van der Waals surface area contributed by atoms with Crippen molar-refractivity contribution in [3.63, 3.8) is 0 Å². The summed E-state index contributed by atoms with van der Waals surface area (Å²) in [5, 5.41) is 0. The lowest BCUT2D eigenvalue weighted by Gasteiger charge is -1.99. The minimum absolute atomic E-state index is 0.854. The number of halogens is 6. The summed E-state index contributed by atoms with van der Waals surface area (Å²) >= 11 is 0. The van der Waals surface area contributed by atoms with E-state index in [0.29, 0.717) is 0 Å². The number of hydrogen-bond acceptors (Lipinski definition) is 0. The first-order chi connectivity index (χ1) is 5.62. The zero-order valence-corrected chi connectivity index (χ0v) is 7.13. The van der Waals surface area contributed by atoms with Crippen molar-refractivity contribution in [3.8, 4) is 0 Å². The average molecular weight is 208 g/mol. The second-order valence-corrected chi connectivity index (χ2v) is 2.12. The van der Waals surface area contributed by atoms with Crippen LogP contribution in [-0.2, 0) is 0 Å². The molecule has 0 aliphatic rings. The van der Waals surface area contributed by atoms with Crippen molar-refractivity contribution in [1.82, 2.24) is 0 Å². The molecule has 0 aliphatic carbocycles. The molecule has 0 aromatic rings. The fraction of sp³-hybridized carbons (Fsp3) is 0.714. The van der Waals surface area contributed by atoms with Crippen LogP contribution >= 0.6 is 0 Å². The molecule has 0 saturated heterocycles. The number of rotatable bonds is 0. The summed E-state index contributed by atoms with van der Waals surface area (Å²) in [7, 11) is 0. The smallest absolute Gasteiger partial charge is 0.167 e. The van der Waals surface area contributed by atoms with E-state index >= 15 is 0 Å². The largest absolute Gasteiger partial charge is 0.409 e. The number of hydrogen-bond donors (Lipinski definition) is 0. The molecule has 0 aromatic carbocycles. The molecule has 0 rings (SSSR count). The molecule has 6 heteroatoms. The highest BCUT2D eigenvalue weighted by molar-refractivity contribution is 4.93. The minimum Gasteiger partial charge on any atom is -0.167 e. The monoisotopic (exact) mass is 208 g/mol. The van der Waals surface area contributed by atoms with Gasteiger partial charge in [0, 0.05) is 12.2 Å². The third kappa shape index (κ3) is 24.6. The van der Waals surface area contributed by atoms with Gasteiger partial charge in [0.15, 0.2) is 0 Å². The molecule has 80 valence electrons. The Hall–Kier alpha value is -0.680. The molecule has 0 amide bonds. The fourth-order valence-electron chi connectivity index (χ4n) is 0.189. The van der Waals surface area contributed by atoms with Gasteiger partial charge >= 0.3 is 12.4 Å². The average Bonchev–Trinajstić information content (AvgIpc) is 1.82. The van der Waals surface area contributed by atoms with Gasteiger partial charge in [-0.25, -0.2) is 0 Å². The van der Waals surface area contributed by atoms with Gasteiger partial charge in [-0.05, 0) is 0 Å². The van der Waals surface area contributed by atoms with Crippen molar-refractivity contribution in [2.24, 2.45) is 0 Å². The third-order valence-corrected chi connectivity index (χ3v) is 0.461. The standard InChI is InChI=1S/C4H2F6.C3H8/c5-3(6,7)1-2-4(8,9)10;1-3-2/h1-2H;3H2,1-2H3/b2-1+;. The normalized spacial score (nSPS) is 12.6. The van der Waals surface area contributed by atoms with Crippen LogP contribution in [0.3, 0.4) is 0 Å². The van der Waals surface area contributed by atoms with E-state index in [0.717, 1.165) is 0 Å². The maximum Gasteiger partial charge on any atom is 0.409 e. The van der Waals surface area contributed by atoms with Gasteiger partial charge in [-0.15, -0.1) is 0 Å². The van der Waals surface area contributed by atoms with Crippen molar-refractivity contribution in [2.45, 2.75) is 32.6 Å². The number of alkyl halides is 6. The Labute approximate surface area is 72.2 Å². The molecule has 0 radical (unpaired) electrons. The predicted molar refractivity (Wildman–Crippen MR) is 37.2 cm³/mol. The van der Waals surface area contributed by atoms with E-state index < -0.39 is 24.5 Å². The van der Waals surface area contributed by atoms with Gasteiger partial charge in [0.05, 0.1) is 0 Å². The van der Waals surface area contributed by atoms with Gasteiger partial charge < -0.3 is 0 Å². The lowest BCUT2D eigenvalue weighted by Crippen LogP contribution is -2.07. The summed E-state index contributed by atoms with van der Waals surface area (Å²) < 4.78 is 66.0. The Kier molecular flexibility index (Phi) is 6.70. The first-order valence-electron chi connectivity index (χ1n) is 3.46. The Morgan fingerprint density at radius 3 is 1.00 bits per heavy atom. The van der Waals surface area contributed by atoms with Crippen LogP contribution in [0.2, 0.25) is 0 Å². The molecule has 0 bridgehead atoms. The quantitative estimate of drug-likeness (QED) is 0.415. The van der Waals surface area contributed by atoms with Gasteiger partial charge in [0.2, 0.25) is 0 Å². The third-order valence-electron chi connectivity index (χ3n) is 0.461. The van der Waals surface area contributed by atoms with Crippen molar-refractivity contribution in [3.05, 3.63) is 12.2 Å². The minimum atomic E-state index is -4.89. The summed E-state index contributed by atoms with van der Waals surface area (Å²) in [5.74, 6) is 0. The Bertz CT molecular complexity index is 124. The molecular formula is C7H10F6. The molecular weight excluding hydrogens is 198 g/mol. The highest BCUT2D eigenvalue weighted by atomic mass is 19.4. The lowest BCUT2D eigenvalue weighted by molar-refractivity contribution is -0.0981. The van der Waals surface area contributed by atoms with Crippen LogP contribution in [0.1, 0.15) is 20.3 Å².